The van der Waals surface area contributed by atoms with Crippen LogP contribution in [0, 0.1) is 13.8 Å². The molecule has 3 rings (SSSR count). The summed E-state index contributed by atoms with van der Waals surface area (Å²) in [7, 11) is 0. The van der Waals surface area contributed by atoms with Gasteiger partial charge in [-0.25, -0.2) is 4.68 Å². The Hall–Kier alpha value is -1.81. The number of anilines is 1. The number of hydrogen-bond acceptors (Lipinski definition) is 3. The second-order valence-corrected chi connectivity index (χ2v) is 5.13. The zero-order valence-electron chi connectivity index (χ0n) is 11.6. The van der Waals surface area contributed by atoms with Crippen LogP contribution in [0.3, 0.4) is 0 Å². The zero-order valence-corrected chi connectivity index (χ0v) is 11.6. The van der Waals surface area contributed by atoms with Crippen molar-refractivity contribution in [2.45, 2.75) is 13.8 Å². The Kier molecular flexibility index (Phi) is 3.25. The molecule has 1 aliphatic heterocycles. The van der Waals surface area contributed by atoms with Gasteiger partial charge in [-0.15, -0.1) is 0 Å². The Morgan fingerprint density at radius 2 is 1.74 bits per heavy atom. The molecule has 0 unspecified atom stereocenters. The third-order valence-electron chi connectivity index (χ3n) is 3.59. The van der Waals surface area contributed by atoms with Crippen LogP contribution in [0.4, 0.5) is 5.82 Å². The highest BCUT2D eigenvalue weighted by Crippen LogP contribution is 2.19. The summed E-state index contributed by atoms with van der Waals surface area (Å²) in [6.07, 6.45) is 0. The van der Waals surface area contributed by atoms with E-state index in [1.54, 1.807) is 0 Å². The molecule has 1 fully saturated rings. The first-order valence-corrected chi connectivity index (χ1v) is 6.83. The Balaban J connectivity index is 1.90. The van der Waals surface area contributed by atoms with E-state index in [-0.39, 0.29) is 0 Å². The van der Waals surface area contributed by atoms with Crippen LogP contribution in [0.5, 0.6) is 0 Å². The van der Waals surface area contributed by atoms with E-state index in [9.17, 15) is 0 Å². The first kappa shape index (κ1) is 12.2. The van der Waals surface area contributed by atoms with Gasteiger partial charge >= 0.3 is 0 Å². The fourth-order valence-corrected chi connectivity index (χ4v) is 2.45. The number of piperazine rings is 1. The van der Waals surface area contributed by atoms with Crippen molar-refractivity contribution in [2.75, 3.05) is 31.1 Å². The highest BCUT2D eigenvalue weighted by atomic mass is 15.4. The Labute approximate surface area is 114 Å². The van der Waals surface area contributed by atoms with Crippen LogP contribution in [0.1, 0.15) is 11.3 Å². The molecule has 0 aliphatic carbocycles. The van der Waals surface area contributed by atoms with Gasteiger partial charge in [0.05, 0.1) is 5.69 Å². The van der Waals surface area contributed by atoms with E-state index in [2.05, 4.69) is 54.4 Å². The van der Waals surface area contributed by atoms with Gasteiger partial charge in [-0.1, -0.05) is 17.7 Å². The van der Waals surface area contributed by atoms with Gasteiger partial charge in [-0.05, 0) is 26.0 Å². The Bertz CT molecular complexity index is 550. The lowest BCUT2D eigenvalue weighted by atomic mass is 10.2. The Morgan fingerprint density at radius 3 is 2.42 bits per heavy atom. The molecule has 1 aromatic heterocycles. The first-order chi connectivity index (χ1) is 9.24. The molecule has 2 aromatic rings. The largest absolute Gasteiger partial charge is 0.353 e. The summed E-state index contributed by atoms with van der Waals surface area (Å²) in [6, 6.07) is 10.7. The molecule has 4 heteroatoms. The van der Waals surface area contributed by atoms with Crippen molar-refractivity contribution in [1.82, 2.24) is 15.1 Å². The fraction of sp³-hybridized carbons (Fsp3) is 0.400. The second-order valence-electron chi connectivity index (χ2n) is 5.13. The lowest BCUT2D eigenvalue weighted by Crippen LogP contribution is -2.43. The summed E-state index contributed by atoms with van der Waals surface area (Å²) in [4.78, 5) is 2.34. The van der Waals surface area contributed by atoms with Crippen molar-refractivity contribution in [1.29, 1.82) is 0 Å². The van der Waals surface area contributed by atoms with Crippen LogP contribution in [0.15, 0.2) is 30.3 Å². The second kappa shape index (κ2) is 5.05. The molecular weight excluding hydrogens is 236 g/mol. The molecule has 100 valence electrons. The molecule has 0 radical (unpaired) electrons. The molecule has 0 bridgehead atoms. The lowest BCUT2D eigenvalue weighted by molar-refractivity contribution is 0.583. The smallest absolute Gasteiger partial charge is 0.151 e. The maximum atomic E-state index is 4.75. The van der Waals surface area contributed by atoms with E-state index >= 15 is 0 Å². The topological polar surface area (TPSA) is 33.1 Å². The van der Waals surface area contributed by atoms with Crippen molar-refractivity contribution in [3.8, 4) is 5.69 Å². The molecule has 4 nitrogen and oxygen atoms in total. The van der Waals surface area contributed by atoms with Gasteiger partial charge < -0.3 is 10.2 Å². The molecule has 0 amide bonds. The minimum absolute atomic E-state index is 1.03. The standard InChI is InChI=1S/C15H20N4/c1-12-3-5-14(6-4-12)19-13(2)11-15(17-19)18-9-7-16-8-10-18/h3-6,11,16H,7-10H2,1-2H3. The molecule has 1 aromatic carbocycles. The highest BCUT2D eigenvalue weighted by molar-refractivity contribution is 5.44. The SMILES string of the molecule is Cc1ccc(-n2nc(N3CCNCC3)cc2C)cc1. The molecule has 1 saturated heterocycles. The first-order valence-electron chi connectivity index (χ1n) is 6.83. The number of nitrogens with zero attached hydrogens (tertiary/aromatic N) is 3. The summed E-state index contributed by atoms with van der Waals surface area (Å²) >= 11 is 0. The van der Waals surface area contributed by atoms with Crippen molar-refractivity contribution in [2.24, 2.45) is 0 Å². The number of aryl methyl sites for hydroxylation is 2. The van der Waals surface area contributed by atoms with Crippen molar-refractivity contribution in [3.63, 3.8) is 0 Å². The number of hydrogen-bond donors (Lipinski definition) is 1. The van der Waals surface area contributed by atoms with Crippen LogP contribution in [-0.2, 0) is 0 Å². The fourth-order valence-electron chi connectivity index (χ4n) is 2.45. The predicted molar refractivity (Wildman–Crippen MR) is 78.1 cm³/mol. The quantitative estimate of drug-likeness (QED) is 0.891. The molecule has 0 saturated carbocycles. The zero-order chi connectivity index (χ0) is 13.2. The maximum absolute atomic E-state index is 4.75. The summed E-state index contributed by atoms with van der Waals surface area (Å²) in [5, 5.41) is 8.12. The van der Waals surface area contributed by atoms with Gasteiger partial charge in [-0.2, -0.15) is 5.10 Å². The van der Waals surface area contributed by atoms with Crippen LogP contribution in [-0.4, -0.2) is 36.0 Å². The van der Waals surface area contributed by atoms with Gasteiger partial charge in [0.1, 0.15) is 0 Å². The summed E-state index contributed by atoms with van der Waals surface area (Å²) in [5.74, 6) is 1.08. The molecule has 1 aliphatic rings. The van der Waals surface area contributed by atoms with Crippen molar-refractivity contribution in [3.05, 3.63) is 41.6 Å². The average Bonchev–Trinajstić information content (AvgIpc) is 2.83. The summed E-state index contributed by atoms with van der Waals surface area (Å²) in [6.45, 7) is 8.35. The molecule has 19 heavy (non-hydrogen) atoms. The van der Waals surface area contributed by atoms with Crippen LogP contribution in [0.25, 0.3) is 5.69 Å². The monoisotopic (exact) mass is 256 g/mol. The van der Waals surface area contributed by atoms with Crippen molar-refractivity contribution < 1.29 is 0 Å². The number of aromatic nitrogens is 2. The average molecular weight is 256 g/mol. The summed E-state index contributed by atoms with van der Waals surface area (Å²) in [5.41, 5.74) is 3.58. The van der Waals surface area contributed by atoms with Gasteiger partial charge in [0.2, 0.25) is 0 Å². The van der Waals surface area contributed by atoms with Crippen LogP contribution in [0.2, 0.25) is 0 Å². The van der Waals surface area contributed by atoms with Gasteiger partial charge in [0.15, 0.2) is 5.82 Å². The third-order valence-corrected chi connectivity index (χ3v) is 3.59. The minimum Gasteiger partial charge on any atom is -0.353 e. The van der Waals surface area contributed by atoms with Crippen molar-refractivity contribution >= 4 is 5.82 Å². The van der Waals surface area contributed by atoms with Crippen LogP contribution < -0.4 is 10.2 Å². The molecule has 2 heterocycles. The van der Waals surface area contributed by atoms with E-state index in [4.69, 9.17) is 5.10 Å². The maximum Gasteiger partial charge on any atom is 0.151 e. The van der Waals surface area contributed by atoms with E-state index < -0.39 is 0 Å². The number of nitrogens with one attached hydrogen (secondary N) is 1. The normalized spacial score (nSPS) is 15.8. The van der Waals surface area contributed by atoms with E-state index in [0.29, 0.717) is 0 Å². The van der Waals surface area contributed by atoms with E-state index in [1.807, 2.05) is 4.68 Å². The molecule has 0 atom stereocenters. The van der Waals surface area contributed by atoms with Gasteiger partial charge in [0.25, 0.3) is 0 Å². The third kappa shape index (κ3) is 2.49. The lowest BCUT2D eigenvalue weighted by Gasteiger charge is -2.27. The highest BCUT2D eigenvalue weighted by Gasteiger charge is 2.15. The van der Waals surface area contributed by atoms with E-state index in [1.165, 1.54) is 11.3 Å². The molecular formula is C15H20N4. The van der Waals surface area contributed by atoms with E-state index in [0.717, 1.165) is 37.7 Å². The minimum atomic E-state index is 1.03. The predicted octanol–water partition coefficient (Wildman–Crippen LogP) is 1.90. The number of rotatable bonds is 2. The number of benzene rings is 1. The van der Waals surface area contributed by atoms with Gasteiger partial charge in [-0.3, -0.25) is 0 Å². The van der Waals surface area contributed by atoms with Crippen LogP contribution >= 0.6 is 0 Å². The van der Waals surface area contributed by atoms with Gasteiger partial charge in [0, 0.05) is 37.9 Å². The summed E-state index contributed by atoms with van der Waals surface area (Å²) < 4.78 is 2.02. The Morgan fingerprint density at radius 1 is 1.05 bits per heavy atom. The molecule has 1 N–H and O–H groups in total. The molecule has 0 spiro atoms.